The van der Waals surface area contributed by atoms with Gasteiger partial charge in [0.25, 0.3) is 0 Å². The molecule has 0 aromatic rings. The van der Waals surface area contributed by atoms with Gasteiger partial charge in [-0.2, -0.15) is 0 Å². The highest BCUT2D eigenvalue weighted by molar-refractivity contribution is 5.85. The van der Waals surface area contributed by atoms with Crippen LogP contribution in [-0.4, -0.2) is 54.2 Å². The van der Waals surface area contributed by atoms with Crippen molar-refractivity contribution in [2.24, 2.45) is 5.92 Å². The predicted molar refractivity (Wildman–Crippen MR) is 73.3 cm³/mol. The number of nitrogens with one attached hydrogen (secondary N) is 1. The van der Waals surface area contributed by atoms with Crippen molar-refractivity contribution in [1.29, 1.82) is 0 Å². The number of carbonyl (C=O) groups excluding carboxylic acids is 2. The maximum Gasteiger partial charge on any atom is 0.326 e. The van der Waals surface area contributed by atoms with E-state index in [4.69, 9.17) is 5.11 Å². The average molecular weight is 288 g/mol. The maximum atomic E-state index is 12.1. The first-order valence-electron chi connectivity index (χ1n) is 6.72. The lowest BCUT2D eigenvalue weighted by molar-refractivity contribution is -0.141. The number of hydrogen-bond donors (Lipinski definition) is 2. The molecule has 7 nitrogen and oxygen atoms in total. The first kappa shape index (κ1) is 18.2. The molecule has 0 saturated heterocycles. The molecule has 2 N–H and O–H groups in total. The fourth-order valence-corrected chi connectivity index (χ4v) is 1.65. The van der Waals surface area contributed by atoms with Gasteiger partial charge < -0.3 is 20.1 Å². The third kappa shape index (κ3) is 5.90. The van der Waals surface area contributed by atoms with Crippen molar-refractivity contribution >= 4 is 18.0 Å². The Morgan fingerprint density at radius 1 is 1.30 bits per heavy atom. The Labute approximate surface area is 119 Å². The van der Waals surface area contributed by atoms with Crippen LogP contribution < -0.4 is 5.32 Å². The van der Waals surface area contributed by atoms with Crippen molar-refractivity contribution in [3.05, 3.63) is 0 Å². The molecular weight excluding hydrogens is 264 g/mol. The van der Waals surface area contributed by atoms with Crippen molar-refractivity contribution in [2.45, 2.75) is 39.7 Å². The van der Waals surface area contributed by atoms with Crippen molar-refractivity contribution < 1.29 is 24.2 Å². The number of carboxylic acids is 1. The Bertz CT molecular complexity index is 346. The number of ether oxygens (including phenoxy) is 1. The van der Waals surface area contributed by atoms with E-state index in [2.05, 4.69) is 10.1 Å². The molecule has 0 heterocycles. The number of carboxylic acid groups (broad SMARTS) is 1. The molecule has 116 valence electrons. The molecule has 0 saturated carbocycles. The van der Waals surface area contributed by atoms with Crippen LogP contribution in [0.4, 0.5) is 4.79 Å². The minimum absolute atomic E-state index is 0.191. The summed E-state index contributed by atoms with van der Waals surface area (Å²) in [6.07, 6.45) is 1.29. The van der Waals surface area contributed by atoms with E-state index in [1.807, 2.05) is 13.8 Å². The highest BCUT2D eigenvalue weighted by atomic mass is 16.5. The minimum Gasteiger partial charge on any atom is -0.480 e. The molecule has 0 aromatic heterocycles. The summed E-state index contributed by atoms with van der Waals surface area (Å²) in [5.74, 6) is -1.82. The molecule has 0 rings (SSSR count). The van der Waals surface area contributed by atoms with E-state index in [-0.39, 0.29) is 12.5 Å². The Kier molecular flexibility index (Phi) is 8.35. The van der Waals surface area contributed by atoms with E-state index in [0.29, 0.717) is 19.4 Å². The largest absolute Gasteiger partial charge is 0.480 e. The topological polar surface area (TPSA) is 95.9 Å². The van der Waals surface area contributed by atoms with Gasteiger partial charge in [-0.25, -0.2) is 9.59 Å². The smallest absolute Gasteiger partial charge is 0.326 e. The van der Waals surface area contributed by atoms with Gasteiger partial charge in [0.2, 0.25) is 0 Å². The highest BCUT2D eigenvalue weighted by Gasteiger charge is 2.27. The third-order valence-electron chi connectivity index (χ3n) is 3.09. The maximum absolute atomic E-state index is 12.1. The summed E-state index contributed by atoms with van der Waals surface area (Å²) >= 11 is 0. The number of amides is 2. The molecule has 7 heteroatoms. The standard InChI is InChI=1S/C13H24N2O5/c1-5-7-15(8-10(16)20-4)13(19)14-11(12(17)18)9(3)6-2/h9,11H,5-8H2,1-4H3,(H,14,19)(H,17,18)/t9-,11-/m0/s1. The summed E-state index contributed by atoms with van der Waals surface area (Å²) in [6, 6.07) is -1.53. The summed E-state index contributed by atoms with van der Waals surface area (Å²) in [5.41, 5.74) is 0. The number of nitrogens with zero attached hydrogens (tertiary/aromatic N) is 1. The van der Waals surface area contributed by atoms with Crippen molar-refractivity contribution in [1.82, 2.24) is 10.2 Å². The number of rotatable bonds is 8. The quantitative estimate of drug-likeness (QED) is 0.652. The molecule has 0 aliphatic carbocycles. The molecule has 2 amide bonds. The van der Waals surface area contributed by atoms with Crippen LogP contribution in [0, 0.1) is 5.92 Å². The lowest BCUT2D eigenvalue weighted by Gasteiger charge is -2.26. The number of esters is 1. The van der Waals surface area contributed by atoms with Crippen LogP contribution >= 0.6 is 0 Å². The molecule has 0 aliphatic heterocycles. The molecule has 0 unspecified atom stereocenters. The molecule has 0 bridgehead atoms. The number of carbonyl (C=O) groups is 3. The van der Waals surface area contributed by atoms with Gasteiger partial charge in [0, 0.05) is 6.54 Å². The van der Waals surface area contributed by atoms with Crippen LogP contribution in [0.3, 0.4) is 0 Å². The molecular formula is C13H24N2O5. The zero-order valence-corrected chi connectivity index (χ0v) is 12.5. The van der Waals surface area contributed by atoms with Crippen LogP contribution in [0.1, 0.15) is 33.6 Å². The lowest BCUT2D eigenvalue weighted by Crippen LogP contribution is -2.51. The summed E-state index contributed by atoms with van der Waals surface area (Å²) in [5, 5.41) is 11.6. The van der Waals surface area contributed by atoms with Crippen LogP contribution in [0.2, 0.25) is 0 Å². The molecule has 0 fully saturated rings. The van der Waals surface area contributed by atoms with Crippen LogP contribution in [0.5, 0.6) is 0 Å². The first-order valence-corrected chi connectivity index (χ1v) is 6.72. The normalized spacial score (nSPS) is 13.2. The van der Waals surface area contributed by atoms with E-state index < -0.39 is 24.0 Å². The average Bonchev–Trinajstić information content (AvgIpc) is 2.42. The zero-order chi connectivity index (χ0) is 15.7. The van der Waals surface area contributed by atoms with Gasteiger partial charge in [-0.1, -0.05) is 27.2 Å². The van der Waals surface area contributed by atoms with Gasteiger partial charge in [0.1, 0.15) is 12.6 Å². The van der Waals surface area contributed by atoms with E-state index in [9.17, 15) is 14.4 Å². The van der Waals surface area contributed by atoms with Crippen molar-refractivity contribution in [3.63, 3.8) is 0 Å². The highest BCUT2D eigenvalue weighted by Crippen LogP contribution is 2.08. The van der Waals surface area contributed by atoms with E-state index >= 15 is 0 Å². The second kappa shape index (κ2) is 9.17. The second-order valence-electron chi connectivity index (χ2n) is 4.65. The molecule has 0 aliphatic rings. The zero-order valence-electron chi connectivity index (χ0n) is 12.5. The number of hydrogen-bond acceptors (Lipinski definition) is 4. The second-order valence-corrected chi connectivity index (χ2v) is 4.65. The SMILES string of the molecule is CCCN(CC(=O)OC)C(=O)N[C@H](C(=O)O)[C@@H](C)CC. The third-order valence-corrected chi connectivity index (χ3v) is 3.09. The van der Waals surface area contributed by atoms with Crippen LogP contribution in [0.15, 0.2) is 0 Å². The van der Waals surface area contributed by atoms with Gasteiger partial charge in [-0.05, 0) is 12.3 Å². The van der Waals surface area contributed by atoms with Gasteiger partial charge in [-0.3, -0.25) is 4.79 Å². The summed E-state index contributed by atoms with van der Waals surface area (Å²) < 4.78 is 4.52. The van der Waals surface area contributed by atoms with Gasteiger partial charge in [0.05, 0.1) is 7.11 Å². The molecule has 0 spiro atoms. The van der Waals surface area contributed by atoms with Gasteiger partial charge in [0.15, 0.2) is 0 Å². The van der Waals surface area contributed by atoms with E-state index in [0.717, 1.165) is 0 Å². The first-order chi connectivity index (χ1) is 9.37. The molecule has 20 heavy (non-hydrogen) atoms. The Morgan fingerprint density at radius 2 is 1.90 bits per heavy atom. The number of methoxy groups -OCH3 is 1. The van der Waals surface area contributed by atoms with E-state index in [1.165, 1.54) is 12.0 Å². The number of aliphatic carboxylic acids is 1. The van der Waals surface area contributed by atoms with Gasteiger partial charge in [-0.15, -0.1) is 0 Å². The molecule has 0 aromatic carbocycles. The minimum atomic E-state index is -1.08. The lowest BCUT2D eigenvalue weighted by atomic mass is 9.99. The summed E-state index contributed by atoms with van der Waals surface area (Å²) in [4.78, 5) is 35.7. The van der Waals surface area contributed by atoms with Crippen molar-refractivity contribution in [2.75, 3.05) is 20.2 Å². The Morgan fingerprint density at radius 3 is 2.30 bits per heavy atom. The number of urea groups is 1. The predicted octanol–water partition coefficient (Wildman–Crippen LogP) is 1.08. The van der Waals surface area contributed by atoms with Gasteiger partial charge >= 0.3 is 18.0 Å². The van der Waals surface area contributed by atoms with Crippen molar-refractivity contribution in [3.8, 4) is 0 Å². The van der Waals surface area contributed by atoms with E-state index in [1.54, 1.807) is 6.92 Å². The molecule has 2 atom stereocenters. The Hall–Kier alpha value is -1.79. The Balaban J connectivity index is 4.79. The fourth-order valence-electron chi connectivity index (χ4n) is 1.65. The summed E-state index contributed by atoms with van der Waals surface area (Å²) in [6.45, 7) is 5.63. The fraction of sp³-hybridized carbons (Fsp3) is 0.769. The van der Waals surface area contributed by atoms with Crippen LogP contribution in [0.25, 0.3) is 0 Å². The monoisotopic (exact) mass is 288 g/mol. The molecule has 0 radical (unpaired) electrons. The summed E-state index contributed by atoms with van der Waals surface area (Å²) in [7, 11) is 1.24. The van der Waals surface area contributed by atoms with Crippen LogP contribution in [-0.2, 0) is 14.3 Å².